The summed E-state index contributed by atoms with van der Waals surface area (Å²) in [5.41, 5.74) is 1.08. The topological polar surface area (TPSA) is 9.23 Å². The molecule has 0 amide bonds. The molecule has 25 heavy (non-hydrogen) atoms. The van der Waals surface area contributed by atoms with Crippen molar-refractivity contribution in [3.8, 4) is 11.8 Å². The number of aryl methyl sites for hydroxylation is 1. The van der Waals surface area contributed by atoms with Crippen molar-refractivity contribution in [2.75, 3.05) is 6.61 Å². The van der Waals surface area contributed by atoms with Gasteiger partial charge in [0.05, 0.1) is 12.2 Å². The van der Waals surface area contributed by atoms with Crippen LogP contribution in [0.15, 0.2) is 35.4 Å². The lowest BCUT2D eigenvalue weighted by atomic mass is 10.1. The average molecular weight is 369 g/mol. The number of halogens is 3. The van der Waals surface area contributed by atoms with E-state index in [0.717, 1.165) is 5.56 Å². The summed E-state index contributed by atoms with van der Waals surface area (Å²) in [6.07, 6.45) is -4.45. The molecular formula is C20H27F3OSi. The largest absolute Gasteiger partial charge is 0.415 e. The van der Waals surface area contributed by atoms with E-state index >= 15 is 0 Å². The van der Waals surface area contributed by atoms with Crippen LogP contribution in [0.3, 0.4) is 0 Å². The Kier molecular flexibility index (Phi) is 6.72. The van der Waals surface area contributed by atoms with E-state index in [4.69, 9.17) is 4.43 Å². The molecule has 0 N–H and O–H groups in total. The normalized spacial score (nSPS) is 13.8. The molecule has 0 radical (unpaired) electrons. The van der Waals surface area contributed by atoms with Gasteiger partial charge in [-0.3, -0.25) is 0 Å². The Morgan fingerprint density at radius 3 is 2.04 bits per heavy atom. The first-order valence-electron chi connectivity index (χ1n) is 8.23. The molecule has 1 rings (SSSR count). The van der Waals surface area contributed by atoms with Crippen molar-refractivity contribution in [2.24, 2.45) is 0 Å². The molecule has 1 aromatic carbocycles. The predicted octanol–water partition coefficient (Wildman–Crippen LogP) is 6.25. The lowest BCUT2D eigenvalue weighted by Gasteiger charge is -2.36. The summed E-state index contributed by atoms with van der Waals surface area (Å²) >= 11 is 0. The average Bonchev–Trinajstić information content (AvgIpc) is 2.44. The fraction of sp³-hybridized carbons (Fsp3) is 0.500. The van der Waals surface area contributed by atoms with Crippen molar-refractivity contribution in [2.45, 2.75) is 58.9 Å². The summed E-state index contributed by atoms with van der Waals surface area (Å²) in [6.45, 7) is 12.8. The lowest BCUT2D eigenvalue weighted by Crippen LogP contribution is -2.42. The third kappa shape index (κ3) is 6.37. The first kappa shape index (κ1) is 21.5. The molecule has 1 nitrogen and oxygen atoms in total. The first-order chi connectivity index (χ1) is 11.2. The fourth-order valence-electron chi connectivity index (χ4n) is 1.75. The maximum atomic E-state index is 13.4. The SMILES string of the molecule is C/C(C#Cc1ccc(C)cc1)=C(/CO[Si](C)(C)C(C)(C)C)C(F)(F)F. The van der Waals surface area contributed by atoms with Crippen LogP contribution in [-0.4, -0.2) is 21.1 Å². The highest BCUT2D eigenvalue weighted by Gasteiger charge is 2.41. The Hall–Kier alpha value is -1.51. The van der Waals surface area contributed by atoms with Gasteiger partial charge in [-0.2, -0.15) is 13.2 Å². The van der Waals surface area contributed by atoms with Gasteiger partial charge in [0.15, 0.2) is 8.32 Å². The highest BCUT2D eigenvalue weighted by Crippen LogP contribution is 2.38. The summed E-state index contributed by atoms with van der Waals surface area (Å²) in [6, 6.07) is 7.37. The number of allylic oxidation sites excluding steroid dienone is 1. The summed E-state index contributed by atoms with van der Waals surface area (Å²) < 4.78 is 46.1. The van der Waals surface area contributed by atoms with E-state index in [0.29, 0.717) is 5.56 Å². The van der Waals surface area contributed by atoms with Crippen LogP contribution in [0.5, 0.6) is 0 Å². The summed E-state index contributed by atoms with van der Waals surface area (Å²) in [4.78, 5) is 0. The zero-order valence-electron chi connectivity index (χ0n) is 16.1. The van der Waals surface area contributed by atoms with Crippen LogP contribution in [-0.2, 0) is 4.43 Å². The Morgan fingerprint density at radius 1 is 1.08 bits per heavy atom. The van der Waals surface area contributed by atoms with Gasteiger partial charge in [-0.15, -0.1) is 0 Å². The van der Waals surface area contributed by atoms with Crippen LogP contribution < -0.4 is 0 Å². The van der Waals surface area contributed by atoms with Crippen molar-refractivity contribution in [3.63, 3.8) is 0 Å². The second-order valence-electron chi connectivity index (χ2n) is 7.77. The van der Waals surface area contributed by atoms with E-state index in [1.165, 1.54) is 6.92 Å². The minimum atomic E-state index is -4.45. The predicted molar refractivity (Wildman–Crippen MR) is 100.0 cm³/mol. The third-order valence-corrected chi connectivity index (χ3v) is 9.10. The molecule has 0 aliphatic rings. The Bertz CT molecular complexity index is 681. The van der Waals surface area contributed by atoms with Crippen LogP contribution in [0.4, 0.5) is 13.2 Å². The molecule has 0 aliphatic heterocycles. The first-order valence-corrected chi connectivity index (χ1v) is 11.1. The molecule has 0 saturated heterocycles. The van der Waals surface area contributed by atoms with E-state index < -0.39 is 26.7 Å². The maximum Gasteiger partial charge on any atom is 0.415 e. The molecule has 0 saturated carbocycles. The molecule has 0 fully saturated rings. The maximum absolute atomic E-state index is 13.4. The van der Waals surface area contributed by atoms with Crippen molar-refractivity contribution < 1.29 is 17.6 Å². The summed E-state index contributed by atoms with van der Waals surface area (Å²) in [5.74, 6) is 5.44. The lowest BCUT2D eigenvalue weighted by molar-refractivity contribution is -0.0976. The monoisotopic (exact) mass is 368 g/mol. The number of alkyl halides is 3. The van der Waals surface area contributed by atoms with Gasteiger partial charge in [0.25, 0.3) is 0 Å². The highest BCUT2D eigenvalue weighted by atomic mass is 28.4. The Labute approximate surface area is 150 Å². The fourth-order valence-corrected chi connectivity index (χ4v) is 2.69. The van der Waals surface area contributed by atoms with Gasteiger partial charge in [0.2, 0.25) is 0 Å². The van der Waals surface area contributed by atoms with Gasteiger partial charge in [-0.05, 0) is 44.1 Å². The number of hydrogen-bond acceptors (Lipinski definition) is 1. The van der Waals surface area contributed by atoms with E-state index in [1.54, 1.807) is 12.1 Å². The Morgan fingerprint density at radius 2 is 1.60 bits per heavy atom. The van der Waals surface area contributed by atoms with Crippen molar-refractivity contribution in [1.82, 2.24) is 0 Å². The molecule has 5 heteroatoms. The molecule has 0 heterocycles. The third-order valence-electron chi connectivity index (χ3n) is 4.62. The quantitative estimate of drug-likeness (QED) is 0.453. The van der Waals surface area contributed by atoms with Crippen LogP contribution in [0.1, 0.15) is 38.8 Å². The number of rotatable bonds is 3. The van der Waals surface area contributed by atoms with Gasteiger partial charge in [-0.25, -0.2) is 0 Å². The summed E-state index contributed by atoms with van der Waals surface area (Å²) in [7, 11) is -2.27. The molecule has 0 bridgehead atoms. The summed E-state index contributed by atoms with van der Waals surface area (Å²) in [5, 5.41) is -0.148. The van der Waals surface area contributed by atoms with Gasteiger partial charge < -0.3 is 4.43 Å². The molecule has 0 atom stereocenters. The van der Waals surface area contributed by atoms with E-state index in [9.17, 15) is 13.2 Å². The molecule has 1 aromatic rings. The van der Waals surface area contributed by atoms with Gasteiger partial charge in [0.1, 0.15) is 0 Å². The van der Waals surface area contributed by atoms with E-state index in [2.05, 4.69) is 11.8 Å². The molecule has 0 aromatic heterocycles. The molecule has 0 spiro atoms. The van der Waals surface area contributed by atoms with E-state index in [-0.39, 0.29) is 10.6 Å². The smallest absolute Gasteiger partial charge is 0.413 e. The second-order valence-corrected chi connectivity index (χ2v) is 12.6. The molecular weight excluding hydrogens is 341 g/mol. The van der Waals surface area contributed by atoms with Gasteiger partial charge in [-0.1, -0.05) is 50.3 Å². The van der Waals surface area contributed by atoms with Crippen molar-refractivity contribution in [1.29, 1.82) is 0 Å². The van der Waals surface area contributed by atoms with Gasteiger partial charge >= 0.3 is 6.18 Å². The zero-order valence-corrected chi connectivity index (χ0v) is 17.1. The molecule has 0 aliphatic carbocycles. The second kappa shape index (κ2) is 7.80. The minimum absolute atomic E-state index is 0.00628. The van der Waals surface area contributed by atoms with E-state index in [1.807, 2.05) is 52.9 Å². The standard InChI is InChI=1S/C20H27F3OSi/c1-15-8-11-17(12-9-15)13-10-16(2)18(20(21,22)23)14-24-25(6,7)19(3,4)5/h8-9,11-12H,14H2,1-7H3/b18-16+. The zero-order chi connectivity index (χ0) is 19.5. The van der Waals surface area contributed by atoms with Gasteiger partial charge in [0, 0.05) is 11.1 Å². The number of hydrogen-bond donors (Lipinski definition) is 0. The minimum Gasteiger partial charge on any atom is -0.413 e. The number of benzene rings is 1. The van der Waals surface area contributed by atoms with Crippen molar-refractivity contribution >= 4 is 8.32 Å². The molecule has 0 unspecified atom stereocenters. The van der Waals surface area contributed by atoms with Crippen molar-refractivity contribution in [3.05, 3.63) is 46.5 Å². The Balaban J connectivity index is 3.09. The van der Waals surface area contributed by atoms with Crippen LogP contribution in [0, 0.1) is 18.8 Å². The van der Waals surface area contributed by atoms with Crippen LogP contribution in [0.2, 0.25) is 18.1 Å². The molecule has 138 valence electrons. The van der Waals surface area contributed by atoms with Crippen LogP contribution in [0.25, 0.3) is 0 Å². The highest BCUT2D eigenvalue weighted by molar-refractivity contribution is 6.74. The van der Waals surface area contributed by atoms with Crippen LogP contribution >= 0.6 is 0 Å².